The lowest BCUT2D eigenvalue weighted by atomic mass is 9.91. The molecule has 1 saturated carbocycles. The Morgan fingerprint density at radius 1 is 1.20 bits per heavy atom. The van der Waals surface area contributed by atoms with E-state index in [4.69, 9.17) is 5.11 Å². The Balaban J connectivity index is 2.34. The van der Waals surface area contributed by atoms with E-state index in [0.29, 0.717) is 31.0 Å². The summed E-state index contributed by atoms with van der Waals surface area (Å²) in [5, 5.41) is 17.8. The minimum absolute atomic E-state index is 0.0506. The third-order valence-electron chi connectivity index (χ3n) is 4.61. The van der Waals surface area contributed by atoms with E-state index in [1.165, 1.54) is 5.57 Å². The lowest BCUT2D eigenvalue weighted by Crippen LogP contribution is -2.18. The van der Waals surface area contributed by atoms with Crippen LogP contribution in [0.25, 0.3) is 0 Å². The quantitative estimate of drug-likeness (QED) is 0.427. The van der Waals surface area contributed by atoms with E-state index in [0.717, 1.165) is 25.7 Å². The first-order valence-electron chi connectivity index (χ1n) is 9.30. The summed E-state index contributed by atoms with van der Waals surface area (Å²) in [7, 11) is 0. The lowest BCUT2D eigenvalue weighted by Gasteiger charge is -2.12. The molecule has 25 heavy (non-hydrogen) atoms. The fourth-order valence-corrected chi connectivity index (χ4v) is 3.11. The average molecular weight is 348 g/mol. The maximum absolute atomic E-state index is 12.1. The Labute approximate surface area is 151 Å². The van der Waals surface area contributed by atoms with E-state index in [-0.39, 0.29) is 12.3 Å². The van der Waals surface area contributed by atoms with Gasteiger partial charge in [0.2, 0.25) is 0 Å². The molecular formula is C21H32O4. The van der Waals surface area contributed by atoms with E-state index >= 15 is 0 Å². The molecule has 1 unspecified atom stereocenters. The first-order chi connectivity index (χ1) is 11.9. The number of hydrogen-bond donors (Lipinski definition) is 2. The maximum Gasteiger partial charge on any atom is 0.332 e. The highest BCUT2D eigenvalue weighted by atomic mass is 16.4. The van der Waals surface area contributed by atoms with E-state index in [1.54, 1.807) is 0 Å². The number of Topliss-reactive ketones (excluding diaryl/α,β-unsaturated/α-hetero) is 1. The third-order valence-corrected chi connectivity index (χ3v) is 4.61. The van der Waals surface area contributed by atoms with Crippen LogP contribution >= 0.6 is 0 Å². The van der Waals surface area contributed by atoms with Gasteiger partial charge < -0.3 is 10.2 Å². The van der Waals surface area contributed by atoms with Gasteiger partial charge >= 0.3 is 5.97 Å². The summed E-state index contributed by atoms with van der Waals surface area (Å²) in [6.45, 7) is 4.22. The highest BCUT2D eigenvalue weighted by Crippen LogP contribution is 2.32. The van der Waals surface area contributed by atoms with Gasteiger partial charge in [0.05, 0.1) is 0 Å². The molecule has 4 heteroatoms. The molecule has 0 spiro atoms. The number of aliphatic hydroxyl groups excluding tert-OH is 1. The fourth-order valence-electron chi connectivity index (χ4n) is 3.11. The Hall–Kier alpha value is -1.68. The minimum atomic E-state index is -1.31. The van der Waals surface area contributed by atoms with E-state index < -0.39 is 12.1 Å². The predicted octanol–water partition coefficient (Wildman–Crippen LogP) is 4.45. The summed E-state index contributed by atoms with van der Waals surface area (Å²) >= 11 is 0. The van der Waals surface area contributed by atoms with Crippen molar-refractivity contribution in [3.05, 3.63) is 36.0 Å². The zero-order valence-electron chi connectivity index (χ0n) is 15.5. The van der Waals surface area contributed by atoms with Gasteiger partial charge in [-0.05, 0) is 64.7 Å². The van der Waals surface area contributed by atoms with Gasteiger partial charge in [-0.2, -0.15) is 0 Å². The number of aliphatic hydroxyl groups is 1. The number of hydrogen-bond acceptors (Lipinski definition) is 3. The second-order valence-electron chi connectivity index (χ2n) is 7.05. The number of allylic oxidation sites excluding steroid dienone is 6. The van der Waals surface area contributed by atoms with Crippen LogP contribution in [0.3, 0.4) is 0 Å². The van der Waals surface area contributed by atoms with Crippen LogP contribution in [0.5, 0.6) is 0 Å². The smallest absolute Gasteiger partial charge is 0.332 e. The van der Waals surface area contributed by atoms with Gasteiger partial charge in [0, 0.05) is 12.3 Å². The molecule has 1 aliphatic rings. The van der Waals surface area contributed by atoms with Crippen molar-refractivity contribution >= 4 is 11.8 Å². The molecule has 4 nitrogen and oxygen atoms in total. The highest BCUT2D eigenvalue weighted by Gasteiger charge is 2.31. The van der Waals surface area contributed by atoms with Crippen LogP contribution in [-0.2, 0) is 9.59 Å². The molecule has 1 aliphatic carbocycles. The molecule has 2 N–H and O–H groups in total. The van der Waals surface area contributed by atoms with Crippen LogP contribution < -0.4 is 0 Å². The summed E-state index contributed by atoms with van der Waals surface area (Å²) < 4.78 is 0. The van der Waals surface area contributed by atoms with Gasteiger partial charge in [0.25, 0.3) is 0 Å². The molecule has 1 fully saturated rings. The molecule has 0 amide bonds. The van der Waals surface area contributed by atoms with E-state index in [1.807, 2.05) is 12.2 Å². The molecule has 3 atom stereocenters. The number of ketones is 1. The normalized spacial score (nSPS) is 22.0. The van der Waals surface area contributed by atoms with Crippen molar-refractivity contribution in [3.8, 4) is 0 Å². The number of carbonyl (C=O) groups is 2. The van der Waals surface area contributed by atoms with Crippen molar-refractivity contribution < 1.29 is 19.8 Å². The standard InChI is InChI=1S/C21H32O4/c1-16(2)10-6-3-4-7-11-17-14-15-19(22)18(17)12-8-5-9-13-20(23)21(24)25/h5,7-8,10-11,17-18,20,23H,3-4,6,9,12-15H2,1-2H3,(H,24,25)/t17-,18+,20?/m0/s1. The number of carboxylic acid groups (broad SMARTS) is 1. The molecule has 0 aliphatic heterocycles. The van der Waals surface area contributed by atoms with E-state index in [9.17, 15) is 14.7 Å². The summed E-state index contributed by atoms with van der Waals surface area (Å²) in [6, 6.07) is 0. The van der Waals surface area contributed by atoms with Crippen LogP contribution in [0.1, 0.15) is 65.2 Å². The topological polar surface area (TPSA) is 74.6 Å². The first kappa shape index (κ1) is 21.4. The number of rotatable bonds is 11. The van der Waals surface area contributed by atoms with Crippen molar-refractivity contribution in [1.29, 1.82) is 0 Å². The van der Waals surface area contributed by atoms with E-state index in [2.05, 4.69) is 32.1 Å². The Kier molecular flexibility index (Phi) is 10.1. The number of carbonyl (C=O) groups excluding carboxylic acids is 1. The van der Waals surface area contributed by atoms with Crippen LogP contribution in [0.15, 0.2) is 36.0 Å². The SMILES string of the molecule is CC(C)=CCCCC=C[C@H]1CCC(=O)[C@@H]1CC=CCCC(O)C(=O)O. The largest absolute Gasteiger partial charge is 0.479 e. The molecule has 0 bridgehead atoms. The molecule has 1 rings (SSSR count). The number of aliphatic carboxylic acids is 1. The molecule has 0 aromatic heterocycles. The maximum atomic E-state index is 12.1. The zero-order valence-corrected chi connectivity index (χ0v) is 15.5. The van der Waals surface area contributed by atoms with Gasteiger partial charge in [-0.15, -0.1) is 0 Å². The summed E-state index contributed by atoms with van der Waals surface area (Å²) in [5.41, 5.74) is 1.35. The van der Waals surface area contributed by atoms with Gasteiger partial charge in [-0.3, -0.25) is 4.79 Å². The van der Waals surface area contributed by atoms with Gasteiger partial charge in [0.15, 0.2) is 6.10 Å². The molecule has 0 radical (unpaired) electrons. The summed E-state index contributed by atoms with van der Waals surface area (Å²) in [5.74, 6) is -0.483. The minimum Gasteiger partial charge on any atom is -0.479 e. The Bertz CT molecular complexity index is 512. The number of unbranched alkanes of at least 4 members (excludes halogenated alkanes) is 2. The van der Waals surface area contributed by atoms with Crippen molar-refractivity contribution in [2.24, 2.45) is 11.8 Å². The van der Waals surface area contributed by atoms with Crippen LogP contribution in [-0.4, -0.2) is 28.1 Å². The van der Waals surface area contributed by atoms with Gasteiger partial charge in [-0.25, -0.2) is 4.79 Å². The zero-order chi connectivity index (χ0) is 18.7. The summed E-state index contributed by atoms with van der Waals surface area (Å²) in [4.78, 5) is 22.6. The monoisotopic (exact) mass is 348 g/mol. The molecule has 0 aromatic rings. The molecule has 0 heterocycles. The average Bonchev–Trinajstić information content (AvgIpc) is 2.90. The Morgan fingerprint density at radius 3 is 2.64 bits per heavy atom. The van der Waals surface area contributed by atoms with Gasteiger partial charge in [0.1, 0.15) is 5.78 Å². The number of carboxylic acids is 1. The first-order valence-corrected chi connectivity index (χ1v) is 9.30. The summed E-state index contributed by atoms with van der Waals surface area (Å²) in [6.07, 6.45) is 15.5. The van der Waals surface area contributed by atoms with Crippen LogP contribution in [0.4, 0.5) is 0 Å². The third kappa shape index (κ3) is 8.82. The lowest BCUT2D eigenvalue weighted by molar-refractivity contribution is -0.146. The fraction of sp³-hybridized carbons (Fsp3) is 0.619. The van der Waals surface area contributed by atoms with Crippen LogP contribution in [0, 0.1) is 11.8 Å². The molecular weight excluding hydrogens is 316 g/mol. The Morgan fingerprint density at radius 2 is 1.96 bits per heavy atom. The molecule has 0 aromatic carbocycles. The van der Waals surface area contributed by atoms with Crippen molar-refractivity contribution in [2.75, 3.05) is 0 Å². The molecule has 140 valence electrons. The second-order valence-corrected chi connectivity index (χ2v) is 7.05. The highest BCUT2D eigenvalue weighted by molar-refractivity contribution is 5.83. The van der Waals surface area contributed by atoms with Gasteiger partial charge in [-0.1, -0.05) is 36.0 Å². The van der Waals surface area contributed by atoms with Crippen molar-refractivity contribution in [3.63, 3.8) is 0 Å². The molecule has 0 saturated heterocycles. The second kappa shape index (κ2) is 11.8. The van der Waals surface area contributed by atoms with Crippen LogP contribution in [0.2, 0.25) is 0 Å². The van der Waals surface area contributed by atoms with Crippen molar-refractivity contribution in [1.82, 2.24) is 0 Å². The predicted molar refractivity (Wildman–Crippen MR) is 100 cm³/mol. The van der Waals surface area contributed by atoms with Crippen molar-refractivity contribution in [2.45, 2.75) is 71.3 Å².